The zero-order valence-corrected chi connectivity index (χ0v) is 12.8. The number of hydrogen-bond acceptors (Lipinski definition) is 3. The summed E-state index contributed by atoms with van der Waals surface area (Å²) in [7, 11) is 1.73. The summed E-state index contributed by atoms with van der Waals surface area (Å²) >= 11 is 0. The van der Waals surface area contributed by atoms with Crippen LogP contribution >= 0.6 is 0 Å². The van der Waals surface area contributed by atoms with Crippen LogP contribution in [-0.4, -0.2) is 31.9 Å². The summed E-state index contributed by atoms with van der Waals surface area (Å²) in [4.78, 5) is 0. The summed E-state index contributed by atoms with van der Waals surface area (Å²) in [6.45, 7) is 10.6. The van der Waals surface area contributed by atoms with Crippen molar-refractivity contribution in [1.82, 2.24) is 5.32 Å². The second-order valence-corrected chi connectivity index (χ2v) is 5.77. The second-order valence-electron chi connectivity index (χ2n) is 5.77. The lowest BCUT2D eigenvalue weighted by Crippen LogP contribution is -2.34. The van der Waals surface area contributed by atoms with E-state index in [9.17, 15) is 0 Å². The van der Waals surface area contributed by atoms with Gasteiger partial charge >= 0.3 is 0 Å². The predicted molar refractivity (Wildman–Crippen MR) is 80.1 cm³/mol. The van der Waals surface area contributed by atoms with Crippen LogP contribution in [0.15, 0.2) is 12.1 Å². The Morgan fingerprint density at radius 1 is 1.21 bits per heavy atom. The number of aryl methyl sites for hydroxylation is 2. The van der Waals surface area contributed by atoms with E-state index in [4.69, 9.17) is 9.84 Å². The van der Waals surface area contributed by atoms with Crippen molar-refractivity contribution < 1.29 is 9.84 Å². The van der Waals surface area contributed by atoms with Gasteiger partial charge in [0.1, 0.15) is 5.75 Å². The second kappa shape index (κ2) is 6.92. The maximum atomic E-state index is 8.80. The first-order valence-corrected chi connectivity index (χ1v) is 6.89. The number of aliphatic hydroxyl groups is 1. The molecule has 0 aliphatic carbocycles. The minimum atomic E-state index is -0.000735. The molecule has 0 spiro atoms. The van der Waals surface area contributed by atoms with Gasteiger partial charge in [0.15, 0.2) is 0 Å². The number of ether oxygens (including phenoxy) is 1. The molecule has 0 amide bonds. The monoisotopic (exact) mass is 265 g/mol. The van der Waals surface area contributed by atoms with Crippen LogP contribution in [0.5, 0.6) is 5.75 Å². The number of methoxy groups -OCH3 is 1. The number of aliphatic hydroxyl groups excluding tert-OH is 1. The van der Waals surface area contributed by atoms with Crippen LogP contribution in [0, 0.1) is 13.8 Å². The molecule has 3 nitrogen and oxygen atoms in total. The van der Waals surface area contributed by atoms with Crippen molar-refractivity contribution in [2.75, 3.05) is 26.8 Å². The molecule has 0 aliphatic heterocycles. The molecule has 1 rings (SSSR count). The number of hydrogen-bond donors (Lipinski definition) is 2. The van der Waals surface area contributed by atoms with Gasteiger partial charge in [-0.25, -0.2) is 0 Å². The molecule has 3 heteroatoms. The molecule has 2 N–H and O–H groups in total. The molecule has 0 unspecified atom stereocenters. The molecule has 108 valence electrons. The van der Waals surface area contributed by atoms with Crippen LogP contribution in [0.2, 0.25) is 0 Å². The van der Waals surface area contributed by atoms with Crippen LogP contribution in [0.3, 0.4) is 0 Å². The Hall–Kier alpha value is -1.06. The van der Waals surface area contributed by atoms with Gasteiger partial charge in [-0.15, -0.1) is 0 Å². The van der Waals surface area contributed by atoms with E-state index in [-0.39, 0.29) is 12.0 Å². The normalized spacial score (nSPS) is 11.7. The molecule has 1 aromatic carbocycles. The third-order valence-corrected chi connectivity index (χ3v) is 3.62. The van der Waals surface area contributed by atoms with E-state index in [1.807, 2.05) is 0 Å². The van der Waals surface area contributed by atoms with Gasteiger partial charge in [-0.05, 0) is 44.0 Å². The highest BCUT2D eigenvalue weighted by Crippen LogP contribution is 2.33. The van der Waals surface area contributed by atoms with E-state index in [2.05, 4.69) is 45.1 Å². The Morgan fingerprint density at radius 2 is 1.84 bits per heavy atom. The van der Waals surface area contributed by atoms with Crippen molar-refractivity contribution in [3.63, 3.8) is 0 Å². The SMILES string of the molecule is COc1cc(C)c(C)cc1C(C)(C)CNCCCO. The standard InChI is InChI=1S/C16H27NO2/c1-12-9-14(15(19-5)10-13(12)2)16(3,4)11-17-7-6-8-18/h9-10,17-18H,6-8,11H2,1-5H3. The van der Waals surface area contributed by atoms with Gasteiger partial charge in [0, 0.05) is 24.1 Å². The van der Waals surface area contributed by atoms with Gasteiger partial charge in [-0.1, -0.05) is 19.9 Å². The topological polar surface area (TPSA) is 41.5 Å². The molecule has 0 aromatic heterocycles. The van der Waals surface area contributed by atoms with Crippen molar-refractivity contribution in [3.8, 4) is 5.75 Å². The number of rotatable bonds is 7. The lowest BCUT2D eigenvalue weighted by molar-refractivity contribution is 0.283. The van der Waals surface area contributed by atoms with Gasteiger partial charge in [0.05, 0.1) is 7.11 Å². The molecule has 0 aliphatic rings. The lowest BCUT2D eigenvalue weighted by Gasteiger charge is -2.28. The largest absolute Gasteiger partial charge is 0.496 e. The first-order chi connectivity index (χ1) is 8.92. The molecule has 0 atom stereocenters. The van der Waals surface area contributed by atoms with Gasteiger partial charge in [-0.2, -0.15) is 0 Å². The van der Waals surface area contributed by atoms with E-state index >= 15 is 0 Å². The van der Waals surface area contributed by atoms with Gasteiger partial charge < -0.3 is 15.2 Å². The highest BCUT2D eigenvalue weighted by atomic mass is 16.5. The molecule has 0 heterocycles. The van der Waals surface area contributed by atoms with Crippen LogP contribution < -0.4 is 10.1 Å². The van der Waals surface area contributed by atoms with E-state index < -0.39 is 0 Å². The van der Waals surface area contributed by atoms with Gasteiger partial charge in [0.25, 0.3) is 0 Å². The molecular formula is C16H27NO2. The Balaban J connectivity index is 2.89. The molecule has 1 aromatic rings. The summed E-state index contributed by atoms with van der Waals surface area (Å²) in [5.74, 6) is 0.956. The summed E-state index contributed by atoms with van der Waals surface area (Å²) in [6, 6.07) is 4.34. The zero-order valence-electron chi connectivity index (χ0n) is 12.8. The van der Waals surface area contributed by atoms with E-state index in [0.717, 1.165) is 25.3 Å². The van der Waals surface area contributed by atoms with Crippen molar-refractivity contribution in [1.29, 1.82) is 0 Å². The van der Waals surface area contributed by atoms with Gasteiger partial charge in [-0.3, -0.25) is 0 Å². The van der Waals surface area contributed by atoms with E-state index in [1.165, 1.54) is 16.7 Å². The minimum absolute atomic E-state index is 0.000735. The smallest absolute Gasteiger partial charge is 0.122 e. The van der Waals surface area contributed by atoms with Crippen LogP contribution in [-0.2, 0) is 5.41 Å². The maximum absolute atomic E-state index is 8.80. The Kier molecular flexibility index (Phi) is 5.83. The summed E-state index contributed by atoms with van der Waals surface area (Å²) < 4.78 is 5.53. The minimum Gasteiger partial charge on any atom is -0.496 e. The molecule has 0 radical (unpaired) electrons. The molecule has 0 bridgehead atoms. The number of benzene rings is 1. The first kappa shape index (κ1) is 16.0. The van der Waals surface area contributed by atoms with Crippen molar-refractivity contribution in [2.45, 2.75) is 39.5 Å². The molecule has 0 saturated carbocycles. The molecule has 19 heavy (non-hydrogen) atoms. The van der Waals surface area contributed by atoms with Crippen LogP contribution in [0.25, 0.3) is 0 Å². The zero-order chi connectivity index (χ0) is 14.5. The summed E-state index contributed by atoms with van der Waals surface area (Å²) in [5, 5.41) is 12.2. The van der Waals surface area contributed by atoms with Crippen molar-refractivity contribution in [2.24, 2.45) is 0 Å². The fourth-order valence-electron chi connectivity index (χ4n) is 2.19. The Labute approximate surface area is 117 Å². The van der Waals surface area contributed by atoms with Gasteiger partial charge in [0.2, 0.25) is 0 Å². The first-order valence-electron chi connectivity index (χ1n) is 6.89. The summed E-state index contributed by atoms with van der Waals surface area (Å²) in [5.41, 5.74) is 3.78. The highest BCUT2D eigenvalue weighted by Gasteiger charge is 2.24. The highest BCUT2D eigenvalue weighted by molar-refractivity contribution is 5.45. The third-order valence-electron chi connectivity index (χ3n) is 3.62. The average Bonchev–Trinajstić information content (AvgIpc) is 2.37. The quantitative estimate of drug-likeness (QED) is 0.745. The van der Waals surface area contributed by atoms with Crippen molar-refractivity contribution in [3.05, 3.63) is 28.8 Å². The average molecular weight is 265 g/mol. The maximum Gasteiger partial charge on any atom is 0.122 e. The molecule has 0 fully saturated rings. The van der Waals surface area contributed by atoms with Crippen LogP contribution in [0.4, 0.5) is 0 Å². The summed E-state index contributed by atoms with van der Waals surface area (Å²) in [6.07, 6.45) is 0.792. The number of nitrogens with one attached hydrogen (secondary N) is 1. The Bertz CT molecular complexity index is 413. The van der Waals surface area contributed by atoms with Crippen molar-refractivity contribution >= 4 is 0 Å². The fourth-order valence-corrected chi connectivity index (χ4v) is 2.19. The lowest BCUT2D eigenvalue weighted by atomic mass is 9.82. The van der Waals surface area contributed by atoms with E-state index in [1.54, 1.807) is 7.11 Å². The van der Waals surface area contributed by atoms with E-state index in [0.29, 0.717) is 0 Å². The molecular weight excluding hydrogens is 238 g/mol. The molecule has 0 saturated heterocycles. The Morgan fingerprint density at radius 3 is 2.42 bits per heavy atom. The third kappa shape index (κ3) is 4.22. The fraction of sp³-hybridized carbons (Fsp3) is 0.625. The predicted octanol–water partition coefficient (Wildman–Crippen LogP) is 2.56. The van der Waals surface area contributed by atoms with Crippen LogP contribution in [0.1, 0.15) is 37.0 Å².